The van der Waals surface area contributed by atoms with Gasteiger partial charge in [-0.3, -0.25) is 4.79 Å². The molecule has 8 nitrogen and oxygen atoms in total. The Balaban J connectivity index is 3.02. The van der Waals surface area contributed by atoms with Crippen LogP contribution in [-0.2, 0) is 28.5 Å². The van der Waals surface area contributed by atoms with Gasteiger partial charge in [-0.1, -0.05) is 0 Å². The molecule has 0 rings (SSSR count). The van der Waals surface area contributed by atoms with Gasteiger partial charge in [-0.2, -0.15) is 0 Å². The van der Waals surface area contributed by atoms with E-state index in [4.69, 9.17) is 24.7 Å². The second-order valence-corrected chi connectivity index (χ2v) is 4.29. The van der Waals surface area contributed by atoms with Gasteiger partial charge in [0.1, 0.15) is 6.29 Å². The lowest BCUT2D eigenvalue weighted by atomic mass is 10.4. The third-order valence-electron chi connectivity index (χ3n) is 2.44. The van der Waals surface area contributed by atoms with E-state index in [2.05, 4.69) is 5.32 Å². The Labute approximate surface area is 131 Å². The Hall–Kier alpha value is -1.06. The number of carbonyl (C=O) groups is 2. The first-order chi connectivity index (χ1) is 10.8. The first kappa shape index (κ1) is 20.9. The van der Waals surface area contributed by atoms with E-state index in [1.807, 2.05) is 0 Å². The number of ether oxygens (including phenoxy) is 4. The van der Waals surface area contributed by atoms with Crippen molar-refractivity contribution in [3.63, 3.8) is 0 Å². The highest BCUT2D eigenvalue weighted by Gasteiger charge is 1.97. The lowest BCUT2D eigenvalue weighted by Crippen LogP contribution is -2.29. The van der Waals surface area contributed by atoms with Crippen LogP contribution >= 0.6 is 0 Å². The number of hydrogen-bond donors (Lipinski definition) is 2. The summed E-state index contributed by atoms with van der Waals surface area (Å²) in [7, 11) is 0. The molecule has 0 fully saturated rings. The fourth-order valence-electron chi connectivity index (χ4n) is 1.38. The molecule has 0 unspecified atom stereocenters. The van der Waals surface area contributed by atoms with E-state index in [1.165, 1.54) is 0 Å². The smallest absolute Gasteiger partial charge is 0.221 e. The second kappa shape index (κ2) is 18.0. The minimum absolute atomic E-state index is 0.0605. The van der Waals surface area contributed by atoms with Gasteiger partial charge in [0.15, 0.2) is 0 Å². The van der Waals surface area contributed by atoms with E-state index in [0.29, 0.717) is 78.8 Å². The first-order valence-electron chi connectivity index (χ1n) is 7.52. The van der Waals surface area contributed by atoms with Crippen molar-refractivity contribution >= 4 is 12.2 Å². The Morgan fingerprint density at radius 1 is 0.864 bits per heavy atom. The number of carbonyl (C=O) groups excluding carboxylic acids is 2. The molecule has 0 spiro atoms. The molecule has 0 heterocycles. The molecule has 0 aromatic carbocycles. The van der Waals surface area contributed by atoms with E-state index in [9.17, 15) is 9.59 Å². The van der Waals surface area contributed by atoms with Crippen molar-refractivity contribution in [1.29, 1.82) is 0 Å². The zero-order valence-corrected chi connectivity index (χ0v) is 13.1. The summed E-state index contributed by atoms with van der Waals surface area (Å²) in [4.78, 5) is 21.1. The third-order valence-corrected chi connectivity index (χ3v) is 2.44. The van der Waals surface area contributed by atoms with Gasteiger partial charge >= 0.3 is 0 Å². The van der Waals surface area contributed by atoms with Crippen LogP contribution in [0.4, 0.5) is 0 Å². The molecule has 22 heavy (non-hydrogen) atoms. The van der Waals surface area contributed by atoms with Gasteiger partial charge in [0.05, 0.1) is 52.9 Å². The maximum absolute atomic E-state index is 11.1. The molecular formula is C14H28N2O6. The summed E-state index contributed by atoms with van der Waals surface area (Å²) in [6.07, 6.45) is 1.58. The molecular weight excluding hydrogens is 292 g/mol. The van der Waals surface area contributed by atoms with E-state index >= 15 is 0 Å². The van der Waals surface area contributed by atoms with Crippen LogP contribution in [0.15, 0.2) is 0 Å². The predicted molar refractivity (Wildman–Crippen MR) is 80.6 cm³/mol. The van der Waals surface area contributed by atoms with Crippen molar-refractivity contribution < 1.29 is 28.5 Å². The number of nitrogens with two attached hydrogens (primary N) is 1. The average Bonchev–Trinajstić information content (AvgIpc) is 2.51. The molecule has 3 N–H and O–H groups in total. The summed E-state index contributed by atoms with van der Waals surface area (Å²) in [5, 5.41) is 2.69. The van der Waals surface area contributed by atoms with Crippen molar-refractivity contribution in [2.24, 2.45) is 5.73 Å². The van der Waals surface area contributed by atoms with Crippen LogP contribution in [-0.4, -0.2) is 78.1 Å². The zero-order valence-electron chi connectivity index (χ0n) is 13.1. The van der Waals surface area contributed by atoms with Gasteiger partial charge in [0, 0.05) is 25.9 Å². The maximum Gasteiger partial charge on any atom is 0.221 e. The van der Waals surface area contributed by atoms with Crippen molar-refractivity contribution in [2.45, 2.75) is 12.8 Å². The van der Waals surface area contributed by atoms with Crippen LogP contribution < -0.4 is 11.1 Å². The molecule has 0 saturated heterocycles. The highest BCUT2D eigenvalue weighted by molar-refractivity contribution is 5.75. The quantitative estimate of drug-likeness (QED) is 0.264. The first-order valence-corrected chi connectivity index (χ1v) is 7.52. The van der Waals surface area contributed by atoms with Crippen LogP contribution in [0.2, 0.25) is 0 Å². The van der Waals surface area contributed by atoms with E-state index in [0.717, 1.165) is 6.29 Å². The zero-order chi connectivity index (χ0) is 16.3. The molecule has 130 valence electrons. The van der Waals surface area contributed by atoms with Crippen LogP contribution in [0.1, 0.15) is 12.8 Å². The minimum Gasteiger partial charge on any atom is -0.379 e. The summed E-state index contributed by atoms with van der Waals surface area (Å²) >= 11 is 0. The molecule has 0 aliphatic carbocycles. The van der Waals surface area contributed by atoms with Crippen molar-refractivity contribution in [3.8, 4) is 0 Å². The molecule has 1 amide bonds. The normalized spacial score (nSPS) is 10.6. The number of amides is 1. The van der Waals surface area contributed by atoms with E-state index in [1.54, 1.807) is 0 Å². The highest BCUT2D eigenvalue weighted by Crippen LogP contribution is 1.84. The van der Waals surface area contributed by atoms with Crippen molar-refractivity contribution in [3.05, 3.63) is 0 Å². The average molecular weight is 320 g/mol. The van der Waals surface area contributed by atoms with Crippen molar-refractivity contribution in [2.75, 3.05) is 65.9 Å². The van der Waals surface area contributed by atoms with Gasteiger partial charge in [-0.25, -0.2) is 0 Å². The molecule has 0 bridgehead atoms. The summed E-state index contributed by atoms with van der Waals surface area (Å²) in [5.41, 5.74) is 5.25. The number of rotatable bonds is 17. The van der Waals surface area contributed by atoms with Crippen molar-refractivity contribution in [1.82, 2.24) is 5.32 Å². The predicted octanol–water partition coefficient (Wildman–Crippen LogP) is -0.893. The van der Waals surface area contributed by atoms with E-state index in [-0.39, 0.29) is 5.91 Å². The molecule has 0 radical (unpaired) electrons. The van der Waals surface area contributed by atoms with Gasteiger partial charge in [-0.05, 0) is 0 Å². The molecule has 0 aliphatic heterocycles. The molecule has 0 aliphatic rings. The van der Waals surface area contributed by atoms with Crippen LogP contribution in [0.25, 0.3) is 0 Å². The second-order valence-electron chi connectivity index (χ2n) is 4.29. The monoisotopic (exact) mass is 320 g/mol. The summed E-state index contributed by atoms with van der Waals surface area (Å²) in [6.45, 7) is 4.63. The molecule has 0 atom stereocenters. The van der Waals surface area contributed by atoms with Crippen LogP contribution in [0, 0.1) is 0 Å². The topological polar surface area (TPSA) is 109 Å². The largest absolute Gasteiger partial charge is 0.379 e. The Morgan fingerprint density at radius 2 is 1.36 bits per heavy atom. The molecule has 0 saturated carbocycles. The summed E-state index contributed by atoms with van der Waals surface area (Å²) < 4.78 is 21.0. The summed E-state index contributed by atoms with van der Waals surface area (Å²) in [6, 6.07) is 0. The number of hydrogen-bond acceptors (Lipinski definition) is 7. The van der Waals surface area contributed by atoms with Gasteiger partial charge < -0.3 is 34.8 Å². The lowest BCUT2D eigenvalue weighted by molar-refractivity contribution is -0.121. The SMILES string of the molecule is NCCC(=O)NCCOCCOCCOCCOCCC=O. The lowest BCUT2D eigenvalue weighted by Gasteiger charge is -2.07. The standard InChI is InChI=1S/C14H28N2O6/c15-3-2-14(18)16-4-7-20-9-11-22-13-12-21-10-8-19-6-1-5-17/h5H,1-4,6-13,15H2,(H,16,18). The van der Waals surface area contributed by atoms with Crippen LogP contribution in [0.3, 0.4) is 0 Å². The Bertz CT molecular complexity index is 266. The molecule has 0 aromatic heterocycles. The molecule has 0 aromatic rings. The maximum atomic E-state index is 11.1. The Morgan fingerprint density at radius 3 is 1.86 bits per heavy atom. The van der Waals surface area contributed by atoms with E-state index < -0.39 is 0 Å². The third kappa shape index (κ3) is 17.0. The number of nitrogens with one attached hydrogen (secondary N) is 1. The Kier molecular flexibility index (Phi) is 17.1. The minimum atomic E-state index is -0.0605. The van der Waals surface area contributed by atoms with Gasteiger partial charge in [0.2, 0.25) is 5.91 Å². The fourth-order valence-corrected chi connectivity index (χ4v) is 1.38. The highest BCUT2D eigenvalue weighted by atomic mass is 16.6. The molecule has 8 heteroatoms. The van der Waals surface area contributed by atoms with Gasteiger partial charge in [-0.15, -0.1) is 0 Å². The number of aldehydes is 1. The van der Waals surface area contributed by atoms with Crippen LogP contribution in [0.5, 0.6) is 0 Å². The van der Waals surface area contributed by atoms with Gasteiger partial charge in [0.25, 0.3) is 0 Å². The fraction of sp³-hybridized carbons (Fsp3) is 0.857. The summed E-state index contributed by atoms with van der Waals surface area (Å²) in [5.74, 6) is -0.0605.